The van der Waals surface area contributed by atoms with Crippen molar-refractivity contribution in [3.8, 4) is 0 Å². The third kappa shape index (κ3) is 5.53. The molecular weight excluding hydrogens is 238 g/mol. The number of piperidine rings is 1. The van der Waals surface area contributed by atoms with Gasteiger partial charge in [-0.1, -0.05) is 13.8 Å². The zero-order chi connectivity index (χ0) is 14.4. The Kier molecular flexibility index (Phi) is 6.19. The van der Waals surface area contributed by atoms with Crippen LogP contribution >= 0.6 is 0 Å². The summed E-state index contributed by atoms with van der Waals surface area (Å²) in [5.41, 5.74) is 6.89. The summed E-state index contributed by atoms with van der Waals surface area (Å²) >= 11 is 0. The SMILES string of the molecule is CC(C)CCN(C)/C=C(\N)CC1CCCN(C)C1=O. The van der Waals surface area contributed by atoms with E-state index in [0.717, 1.165) is 38.0 Å². The molecule has 1 fully saturated rings. The summed E-state index contributed by atoms with van der Waals surface area (Å²) in [7, 11) is 3.92. The van der Waals surface area contributed by atoms with E-state index in [-0.39, 0.29) is 11.8 Å². The molecule has 1 aliphatic heterocycles. The maximum Gasteiger partial charge on any atom is 0.225 e. The maximum atomic E-state index is 12.0. The van der Waals surface area contributed by atoms with E-state index < -0.39 is 0 Å². The van der Waals surface area contributed by atoms with Gasteiger partial charge in [0.25, 0.3) is 0 Å². The van der Waals surface area contributed by atoms with Crippen LogP contribution in [-0.2, 0) is 4.79 Å². The Morgan fingerprint density at radius 1 is 1.58 bits per heavy atom. The van der Waals surface area contributed by atoms with Gasteiger partial charge >= 0.3 is 0 Å². The van der Waals surface area contributed by atoms with Gasteiger partial charge in [0.15, 0.2) is 0 Å². The molecule has 0 radical (unpaired) electrons. The lowest BCUT2D eigenvalue weighted by Crippen LogP contribution is -2.38. The molecule has 0 aromatic rings. The molecule has 0 spiro atoms. The fourth-order valence-corrected chi connectivity index (χ4v) is 2.46. The van der Waals surface area contributed by atoms with Crippen LogP contribution in [0.15, 0.2) is 11.9 Å². The second-order valence-corrected chi connectivity index (χ2v) is 6.17. The number of rotatable bonds is 6. The van der Waals surface area contributed by atoms with E-state index in [2.05, 4.69) is 18.7 Å². The Hall–Kier alpha value is -1.19. The third-order valence-electron chi connectivity index (χ3n) is 3.70. The first-order valence-electron chi connectivity index (χ1n) is 7.31. The molecule has 1 unspecified atom stereocenters. The molecule has 4 heteroatoms. The molecule has 1 amide bonds. The molecule has 4 nitrogen and oxygen atoms in total. The van der Waals surface area contributed by atoms with Crippen LogP contribution in [0.1, 0.15) is 39.5 Å². The highest BCUT2D eigenvalue weighted by Gasteiger charge is 2.26. The Bertz CT molecular complexity index is 325. The van der Waals surface area contributed by atoms with E-state index in [4.69, 9.17) is 5.73 Å². The number of likely N-dealkylation sites (tertiary alicyclic amines) is 1. The summed E-state index contributed by atoms with van der Waals surface area (Å²) in [5, 5.41) is 0. The van der Waals surface area contributed by atoms with Gasteiger partial charge in [0.05, 0.1) is 0 Å². The van der Waals surface area contributed by atoms with Crippen LogP contribution in [0.2, 0.25) is 0 Å². The topological polar surface area (TPSA) is 49.6 Å². The number of hydrogen-bond acceptors (Lipinski definition) is 3. The van der Waals surface area contributed by atoms with Gasteiger partial charge in [-0.25, -0.2) is 0 Å². The second kappa shape index (κ2) is 7.41. The average molecular weight is 267 g/mol. The number of allylic oxidation sites excluding steroid dienone is 1. The smallest absolute Gasteiger partial charge is 0.225 e. The Labute approximate surface area is 117 Å². The molecule has 1 rings (SSSR count). The minimum absolute atomic E-state index is 0.0773. The fraction of sp³-hybridized carbons (Fsp3) is 0.800. The number of amides is 1. The molecule has 2 N–H and O–H groups in total. The lowest BCUT2D eigenvalue weighted by Gasteiger charge is -2.29. The van der Waals surface area contributed by atoms with E-state index in [9.17, 15) is 4.79 Å². The molecule has 0 saturated carbocycles. The molecule has 1 aliphatic rings. The molecule has 1 atom stereocenters. The van der Waals surface area contributed by atoms with Crippen LogP contribution in [0.4, 0.5) is 0 Å². The number of nitrogens with zero attached hydrogens (tertiary/aromatic N) is 2. The van der Waals surface area contributed by atoms with Crippen LogP contribution < -0.4 is 5.73 Å². The first-order chi connectivity index (χ1) is 8.90. The first kappa shape index (κ1) is 15.9. The van der Waals surface area contributed by atoms with E-state index in [0.29, 0.717) is 12.3 Å². The molecule has 0 bridgehead atoms. The second-order valence-electron chi connectivity index (χ2n) is 6.17. The highest BCUT2D eigenvalue weighted by atomic mass is 16.2. The van der Waals surface area contributed by atoms with Crippen LogP contribution in [0, 0.1) is 11.8 Å². The van der Waals surface area contributed by atoms with Crippen molar-refractivity contribution in [1.82, 2.24) is 9.80 Å². The summed E-state index contributed by atoms with van der Waals surface area (Å²) in [4.78, 5) is 15.9. The van der Waals surface area contributed by atoms with Gasteiger partial charge in [-0.3, -0.25) is 4.79 Å². The summed E-state index contributed by atoms with van der Waals surface area (Å²) < 4.78 is 0. The third-order valence-corrected chi connectivity index (χ3v) is 3.70. The molecule has 1 saturated heterocycles. The van der Waals surface area contributed by atoms with Gasteiger partial charge in [0, 0.05) is 45.0 Å². The normalized spacial score (nSPS) is 21.1. The summed E-state index contributed by atoms with van der Waals surface area (Å²) in [5.74, 6) is 1.02. The monoisotopic (exact) mass is 267 g/mol. The lowest BCUT2D eigenvalue weighted by atomic mass is 9.93. The van der Waals surface area contributed by atoms with Gasteiger partial charge in [-0.05, 0) is 31.6 Å². The number of carbonyl (C=O) groups excluding carboxylic acids is 1. The van der Waals surface area contributed by atoms with Gasteiger partial charge < -0.3 is 15.5 Å². The van der Waals surface area contributed by atoms with E-state index in [1.54, 1.807) is 0 Å². The summed E-state index contributed by atoms with van der Waals surface area (Å²) in [6, 6.07) is 0. The van der Waals surface area contributed by atoms with Crippen molar-refractivity contribution in [2.75, 3.05) is 27.2 Å². The predicted molar refractivity (Wildman–Crippen MR) is 79.3 cm³/mol. The molecule has 19 heavy (non-hydrogen) atoms. The molecule has 0 aliphatic carbocycles. The Morgan fingerprint density at radius 3 is 2.89 bits per heavy atom. The standard InChI is InChI=1S/C15H29N3O/c1-12(2)7-9-17(3)11-14(16)10-13-6-5-8-18(4)15(13)19/h11-13H,5-10,16H2,1-4H3/b14-11-. The highest BCUT2D eigenvalue weighted by molar-refractivity contribution is 5.79. The predicted octanol–water partition coefficient (Wildman–Crippen LogP) is 2.02. The quantitative estimate of drug-likeness (QED) is 0.801. The summed E-state index contributed by atoms with van der Waals surface area (Å²) in [6.45, 7) is 6.33. The zero-order valence-electron chi connectivity index (χ0n) is 12.9. The van der Waals surface area contributed by atoms with Gasteiger partial charge in [-0.2, -0.15) is 0 Å². The Morgan fingerprint density at radius 2 is 2.26 bits per heavy atom. The first-order valence-corrected chi connectivity index (χ1v) is 7.31. The molecule has 0 aromatic heterocycles. The van der Waals surface area contributed by atoms with Crippen molar-refractivity contribution in [2.45, 2.75) is 39.5 Å². The van der Waals surface area contributed by atoms with Gasteiger partial charge in [0.1, 0.15) is 0 Å². The van der Waals surface area contributed by atoms with Gasteiger partial charge in [-0.15, -0.1) is 0 Å². The van der Waals surface area contributed by atoms with Crippen LogP contribution in [0.3, 0.4) is 0 Å². The number of hydrogen-bond donors (Lipinski definition) is 1. The van der Waals surface area contributed by atoms with Crippen molar-refractivity contribution < 1.29 is 4.79 Å². The maximum absolute atomic E-state index is 12.0. The van der Waals surface area contributed by atoms with Crippen molar-refractivity contribution >= 4 is 5.91 Å². The van der Waals surface area contributed by atoms with E-state index in [1.807, 2.05) is 25.2 Å². The van der Waals surface area contributed by atoms with Crippen molar-refractivity contribution in [2.24, 2.45) is 17.6 Å². The zero-order valence-corrected chi connectivity index (χ0v) is 12.9. The largest absolute Gasteiger partial charge is 0.401 e. The summed E-state index contributed by atoms with van der Waals surface area (Å²) in [6.07, 6.45) is 5.89. The van der Waals surface area contributed by atoms with Crippen LogP contribution in [0.5, 0.6) is 0 Å². The number of nitrogens with two attached hydrogens (primary N) is 1. The van der Waals surface area contributed by atoms with E-state index in [1.165, 1.54) is 0 Å². The number of carbonyl (C=O) groups is 1. The van der Waals surface area contributed by atoms with E-state index >= 15 is 0 Å². The highest BCUT2D eigenvalue weighted by Crippen LogP contribution is 2.22. The lowest BCUT2D eigenvalue weighted by molar-refractivity contribution is -0.136. The van der Waals surface area contributed by atoms with Crippen LogP contribution in [0.25, 0.3) is 0 Å². The molecular formula is C15H29N3O. The van der Waals surface area contributed by atoms with Crippen molar-refractivity contribution in [1.29, 1.82) is 0 Å². The average Bonchev–Trinajstić information content (AvgIpc) is 2.32. The Balaban J connectivity index is 2.44. The molecule has 0 aromatic carbocycles. The molecule has 110 valence electrons. The van der Waals surface area contributed by atoms with Crippen LogP contribution in [-0.4, -0.2) is 42.9 Å². The minimum Gasteiger partial charge on any atom is -0.401 e. The van der Waals surface area contributed by atoms with Gasteiger partial charge in [0.2, 0.25) is 5.91 Å². The van der Waals surface area contributed by atoms with Crippen molar-refractivity contribution in [3.05, 3.63) is 11.9 Å². The molecule has 1 heterocycles. The van der Waals surface area contributed by atoms with Crippen molar-refractivity contribution in [3.63, 3.8) is 0 Å². The minimum atomic E-state index is 0.0773. The fourth-order valence-electron chi connectivity index (χ4n) is 2.46.